The van der Waals surface area contributed by atoms with Crippen LogP contribution in [-0.2, 0) is 17.6 Å². The fourth-order valence-corrected chi connectivity index (χ4v) is 2.89. The van der Waals surface area contributed by atoms with E-state index in [1.165, 1.54) is 18.2 Å². The van der Waals surface area contributed by atoms with Crippen LogP contribution in [-0.4, -0.2) is 0 Å². The molecule has 0 bridgehead atoms. The van der Waals surface area contributed by atoms with Gasteiger partial charge < -0.3 is 4.74 Å². The zero-order chi connectivity index (χ0) is 22.1. The first-order valence-electron chi connectivity index (χ1n) is 8.73. The first-order valence-corrected chi connectivity index (χ1v) is 8.73. The molecule has 30 heavy (non-hydrogen) atoms. The maximum atomic E-state index is 14.9. The van der Waals surface area contributed by atoms with Gasteiger partial charge >= 0.3 is 6.11 Å². The highest BCUT2D eigenvalue weighted by Crippen LogP contribution is 2.42. The number of rotatable bonds is 5. The SMILES string of the molecule is CCc1ccc(-c2c([O])cc(F)c(C(F)(F)Oc3ccc(C#N)c(F)c3)c2F)cc1. The number of aryl methyl sites for hydroxylation is 1. The van der Waals surface area contributed by atoms with Crippen molar-refractivity contribution in [3.05, 3.63) is 82.7 Å². The average Bonchev–Trinajstić information content (AvgIpc) is 2.67. The van der Waals surface area contributed by atoms with Crippen molar-refractivity contribution in [2.24, 2.45) is 0 Å². The summed E-state index contributed by atoms with van der Waals surface area (Å²) in [4.78, 5) is 0. The lowest BCUT2D eigenvalue weighted by Gasteiger charge is -2.21. The Kier molecular flexibility index (Phi) is 5.65. The third-order valence-corrected chi connectivity index (χ3v) is 4.43. The number of ether oxygens (including phenoxy) is 1. The van der Waals surface area contributed by atoms with Gasteiger partial charge in [0.2, 0.25) is 0 Å². The van der Waals surface area contributed by atoms with Gasteiger partial charge in [0.1, 0.15) is 29.0 Å². The molecule has 0 amide bonds. The van der Waals surface area contributed by atoms with Crippen molar-refractivity contribution in [1.29, 1.82) is 5.26 Å². The standard InChI is InChI=1S/C22H13F5NO2/c1-2-12-3-5-13(6-4-12)19-18(29)10-17(24)20(21(19)25)22(26,27)30-15-8-7-14(11-28)16(23)9-15/h3-10H,2H2,1H3. The van der Waals surface area contributed by atoms with Gasteiger partial charge in [-0.3, -0.25) is 5.11 Å². The van der Waals surface area contributed by atoms with Crippen molar-refractivity contribution in [3.8, 4) is 28.7 Å². The lowest BCUT2D eigenvalue weighted by molar-refractivity contribution is -0.189. The van der Waals surface area contributed by atoms with E-state index < -0.39 is 51.7 Å². The van der Waals surface area contributed by atoms with Crippen molar-refractivity contribution in [3.63, 3.8) is 0 Å². The van der Waals surface area contributed by atoms with E-state index in [2.05, 4.69) is 4.74 Å². The Balaban J connectivity index is 2.08. The Bertz CT molecular complexity index is 1140. The molecule has 0 heterocycles. The van der Waals surface area contributed by atoms with E-state index in [0.29, 0.717) is 12.5 Å². The molecule has 0 N–H and O–H groups in total. The molecule has 0 spiro atoms. The zero-order valence-corrected chi connectivity index (χ0v) is 15.5. The van der Waals surface area contributed by atoms with Crippen LogP contribution in [0, 0.1) is 28.8 Å². The predicted octanol–water partition coefficient (Wildman–Crippen LogP) is 6.48. The van der Waals surface area contributed by atoms with Crippen LogP contribution < -0.4 is 4.74 Å². The van der Waals surface area contributed by atoms with E-state index in [-0.39, 0.29) is 11.6 Å². The Morgan fingerprint density at radius 2 is 1.67 bits per heavy atom. The zero-order valence-electron chi connectivity index (χ0n) is 15.5. The van der Waals surface area contributed by atoms with Crippen LogP contribution in [0.25, 0.3) is 11.1 Å². The summed E-state index contributed by atoms with van der Waals surface area (Å²) in [6.45, 7) is 1.87. The van der Waals surface area contributed by atoms with Crippen molar-refractivity contribution in [1.82, 2.24) is 0 Å². The molecular weight excluding hydrogens is 405 g/mol. The second kappa shape index (κ2) is 8.03. The molecule has 3 aromatic carbocycles. The average molecular weight is 418 g/mol. The van der Waals surface area contributed by atoms with E-state index in [1.807, 2.05) is 6.92 Å². The fourth-order valence-electron chi connectivity index (χ4n) is 2.89. The van der Waals surface area contributed by atoms with E-state index >= 15 is 0 Å². The van der Waals surface area contributed by atoms with Gasteiger partial charge in [0.25, 0.3) is 0 Å². The first kappa shape index (κ1) is 21.1. The minimum Gasteiger partial charge on any atom is -0.429 e. The quantitative estimate of drug-likeness (QED) is 0.446. The monoisotopic (exact) mass is 418 g/mol. The number of hydrogen-bond donors (Lipinski definition) is 0. The summed E-state index contributed by atoms with van der Waals surface area (Å²) < 4.78 is 76.4. The van der Waals surface area contributed by atoms with Gasteiger partial charge in [-0.25, -0.2) is 13.2 Å². The van der Waals surface area contributed by atoms with Gasteiger partial charge in [-0.15, -0.1) is 0 Å². The number of hydrogen-bond acceptors (Lipinski definition) is 2. The summed E-state index contributed by atoms with van der Waals surface area (Å²) in [6.07, 6.45) is -3.91. The maximum absolute atomic E-state index is 14.9. The smallest absolute Gasteiger partial charge is 0.429 e. The van der Waals surface area contributed by atoms with Gasteiger partial charge in [-0.1, -0.05) is 31.2 Å². The molecule has 3 rings (SSSR count). The molecule has 0 saturated heterocycles. The largest absolute Gasteiger partial charge is 0.432 e. The van der Waals surface area contributed by atoms with Gasteiger partial charge in [0, 0.05) is 12.1 Å². The molecule has 0 unspecified atom stereocenters. The van der Waals surface area contributed by atoms with Crippen molar-refractivity contribution in [2.75, 3.05) is 0 Å². The molecule has 0 aliphatic heterocycles. The highest BCUT2D eigenvalue weighted by molar-refractivity contribution is 5.72. The second-order valence-corrected chi connectivity index (χ2v) is 6.34. The Morgan fingerprint density at radius 3 is 2.23 bits per heavy atom. The summed E-state index contributed by atoms with van der Waals surface area (Å²) in [5.41, 5.74) is -2.07. The predicted molar refractivity (Wildman–Crippen MR) is 96.9 cm³/mol. The third-order valence-electron chi connectivity index (χ3n) is 4.43. The summed E-state index contributed by atoms with van der Waals surface area (Å²) in [7, 11) is 0. The van der Waals surface area contributed by atoms with Gasteiger partial charge in [0.15, 0.2) is 11.6 Å². The molecule has 3 nitrogen and oxygen atoms in total. The molecule has 8 heteroatoms. The molecule has 0 atom stereocenters. The topological polar surface area (TPSA) is 52.9 Å². The second-order valence-electron chi connectivity index (χ2n) is 6.34. The van der Waals surface area contributed by atoms with E-state index in [0.717, 1.165) is 17.7 Å². The molecule has 1 radical (unpaired) electrons. The molecule has 3 aromatic rings. The molecule has 0 fully saturated rings. The molecule has 153 valence electrons. The molecular formula is C22H13F5NO2. The van der Waals surface area contributed by atoms with Gasteiger partial charge in [0.05, 0.1) is 11.1 Å². The summed E-state index contributed by atoms with van der Waals surface area (Å²) in [6, 6.07) is 9.91. The normalized spacial score (nSPS) is 11.2. The Morgan fingerprint density at radius 1 is 1.00 bits per heavy atom. The number of halogens is 5. The van der Waals surface area contributed by atoms with Crippen LogP contribution in [0.15, 0.2) is 48.5 Å². The van der Waals surface area contributed by atoms with E-state index in [9.17, 15) is 27.1 Å². The minimum absolute atomic E-state index is 0.00355. The Labute approximate surface area is 168 Å². The highest BCUT2D eigenvalue weighted by Gasteiger charge is 2.43. The first-order chi connectivity index (χ1) is 14.2. The minimum atomic E-state index is -4.57. The van der Waals surface area contributed by atoms with Gasteiger partial charge in [-0.05, 0) is 29.7 Å². The molecule has 0 aliphatic rings. The van der Waals surface area contributed by atoms with Crippen LogP contribution in [0.3, 0.4) is 0 Å². The van der Waals surface area contributed by atoms with Crippen molar-refractivity contribution < 1.29 is 31.8 Å². The molecule has 0 saturated carbocycles. The third kappa shape index (κ3) is 3.92. The van der Waals surface area contributed by atoms with Gasteiger partial charge in [-0.2, -0.15) is 14.0 Å². The van der Waals surface area contributed by atoms with Crippen LogP contribution in [0.4, 0.5) is 22.0 Å². The number of nitriles is 1. The summed E-state index contributed by atoms with van der Waals surface area (Å²) >= 11 is 0. The summed E-state index contributed by atoms with van der Waals surface area (Å²) in [5.74, 6) is -6.58. The number of nitrogens with zero attached hydrogens (tertiary/aromatic N) is 1. The lowest BCUT2D eigenvalue weighted by atomic mass is 9.98. The van der Waals surface area contributed by atoms with Crippen molar-refractivity contribution in [2.45, 2.75) is 19.5 Å². The van der Waals surface area contributed by atoms with Crippen LogP contribution >= 0.6 is 0 Å². The highest BCUT2D eigenvalue weighted by atomic mass is 19.3. The number of alkyl halides is 2. The lowest BCUT2D eigenvalue weighted by Crippen LogP contribution is -2.25. The van der Waals surface area contributed by atoms with Crippen LogP contribution in [0.2, 0.25) is 0 Å². The molecule has 0 aliphatic carbocycles. The van der Waals surface area contributed by atoms with Crippen molar-refractivity contribution >= 4 is 0 Å². The fraction of sp³-hybridized carbons (Fsp3) is 0.136. The maximum Gasteiger partial charge on any atom is 0.432 e. The van der Waals surface area contributed by atoms with Crippen LogP contribution in [0.1, 0.15) is 23.6 Å². The Hall–Kier alpha value is -3.60. The number of benzene rings is 3. The summed E-state index contributed by atoms with van der Waals surface area (Å²) in [5, 5.41) is 20.8. The van der Waals surface area contributed by atoms with E-state index in [1.54, 1.807) is 12.1 Å². The van der Waals surface area contributed by atoms with E-state index in [4.69, 9.17) is 5.26 Å². The van der Waals surface area contributed by atoms with Crippen LogP contribution in [0.5, 0.6) is 11.5 Å². The molecule has 0 aromatic heterocycles.